The van der Waals surface area contributed by atoms with Gasteiger partial charge in [0.25, 0.3) is 0 Å². The summed E-state index contributed by atoms with van der Waals surface area (Å²) in [4.78, 5) is 19.2. The van der Waals surface area contributed by atoms with Crippen molar-refractivity contribution < 1.29 is 13.7 Å². The molecule has 2 aromatic carbocycles. The zero-order valence-electron chi connectivity index (χ0n) is 16.4. The van der Waals surface area contributed by atoms with Gasteiger partial charge in [0.2, 0.25) is 17.6 Å². The Bertz CT molecular complexity index is 1010. The minimum atomic E-state index is -0.285. The van der Waals surface area contributed by atoms with Gasteiger partial charge in [-0.3, -0.25) is 9.69 Å². The van der Waals surface area contributed by atoms with Crippen LogP contribution in [-0.2, 0) is 17.9 Å². The van der Waals surface area contributed by atoms with Gasteiger partial charge in [-0.15, -0.1) is 0 Å². The molecule has 1 amide bonds. The summed E-state index contributed by atoms with van der Waals surface area (Å²) < 4.78 is 18.4. The van der Waals surface area contributed by atoms with E-state index < -0.39 is 0 Å². The van der Waals surface area contributed by atoms with Crippen LogP contribution in [0.1, 0.15) is 24.3 Å². The number of benzene rings is 2. The molecule has 0 spiro atoms. The smallest absolute Gasteiger partial charge is 0.241 e. The number of nitrogens with zero attached hydrogens (tertiary/aromatic N) is 3. The Balaban J connectivity index is 1.32. The van der Waals surface area contributed by atoms with Crippen molar-refractivity contribution in [2.75, 3.05) is 13.1 Å². The van der Waals surface area contributed by atoms with Gasteiger partial charge in [0, 0.05) is 18.7 Å². The molecular weight excluding hydrogens is 407 g/mol. The number of hydrogen-bond donors (Lipinski definition) is 1. The zero-order valence-corrected chi connectivity index (χ0v) is 17.1. The molecule has 1 N–H and O–H groups in total. The molecule has 1 atom stereocenters. The molecular formula is C22H22ClFN4O2. The summed E-state index contributed by atoms with van der Waals surface area (Å²) in [5.74, 6) is 0.571. The van der Waals surface area contributed by atoms with Crippen molar-refractivity contribution in [3.63, 3.8) is 0 Å². The van der Waals surface area contributed by atoms with E-state index in [1.54, 1.807) is 18.2 Å². The summed E-state index contributed by atoms with van der Waals surface area (Å²) in [7, 11) is 0. The van der Waals surface area contributed by atoms with Crippen LogP contribution in [-0.4, -0.2) is 34.0 Å². The highest BCUT2D eigenvalue weighted by Crippen LogP contribution is 2.25. The fourth-order valence-corrected chi connectivity index (χ4v) is 3.83. The summed E-state index contributed by atoms with van der Waals surface area (Å²) in [5.41, 5.74) is 1.60. The molecule has 0 aliphatic carbocycles. The van der Waals surface area contributed by atoms with Gasteiger partial charge in [-0.25, -0.2) is 4.39 Å². The maximum absolute atomic E-state index is 13.0. The van der Waals surface area contributed by atoms with Crippen LogP contribution in [0, 0.1) is 11.7 Å². The molecule has 1 unspecified atom stereocenters. The second-order valence-corrected chi connectivity index (χ2v) is 7.82. The lowest BCUT2D eigenvalue weighted by atomic mass is 9.97. The fraction of sp³-hybridized carbons (Fsp3) is 0.318. The minimum Gasteiger partial charge on any atom is -0.352 e. The Kier molecular flexibility index (Phi) is 6.40. The first kappa shape index (κ1) is 20.5. The number of amides is 1. The molecule has 1 aliphatic heterocycles. The van der Waals surface area contributed by atoms with Crippen LogP contribution in [0.5, 0.6) is 0 Å². The summed E-state index contributed by atoms with van der Waals surface area (Å²) in [6.45, 7) is 2.37. The van der Waals surface area contributed by atoms with E-state index in [-0.39, 0.29) is 17.6 Å². The number of halogens is 2. The molecule has 6 nitrogen and oxygen atoms in total. The predicted molar refractivity (Wildman–Crippen MR) is 111 cm³/mol. The van der Waals surface area contributed by atoms with Crippen LogP contribution < -0.4 is 5.32 Å². The highest BCUT2D eigenvalue weighted by molar-refractivity contribution is 6.33. The number of nitrogens with one attached hydrogen (secondary N) is 1. The third kappa shape index (κ3) is 5.04. The summed E-state index contributed by atoms with van der Waals surface area (Å²) in [5, 5.41) is 7.55. The Hall–Kier alpha value is -2.77. The van der Waals surface area contributed by atoms with Gasteiger partial charge in [-0.05, 0) is 49.2 Å². The lowest BCUT2D eigenvalue weighted by molar-refractivity contribution is -0.127. The average molecular weight is 429 g/mol. The predicted octanol–water partition coefficient (Wildman–Crippen LogP) is 4.06. The van der Waals surface area contributed by atoms with Gasteiger partial charge >= 0.3 is 0 Å². The van der Waals surface area contributed by atoms with Crippen LogP contribution in [0.4, 0.5) is 4.39 Å². The molecule has 1 saturated heterocycles. The molecule has 0 bridgehead atoms. The van der Waals surface area contributed by atoms with Gasteiger partial charge in [0.1, 0.15) is 5.82 Å². The maximum atomic E-state index is 13.0. The van der Waals surface area contributed by atoms with E-state index in [2.05, 4.69) is 20.4 Å². The number of likely N-dealkylation sites (tertiary alicyclic amines) is 1. The van der Waals surface area contributed by atoms with Gasteiger partial charge < -0.3 is 9.84 Å². The Morgan fingerprint density at radius 1 is 1.23 bits per heavy atom. The van der Waals surface area contributed by atoms with E-state index in [4.69, 9.17) is 16.1 Å². The molecule has 0 radical (unpaired) electrons. The van der Waals surface area contributed by atoms with E-state index in [0.717, 1.165) is 30.5 Å². The first-order valence-electron chi connectivity index (χ1n) is 9.90. The lowest BCUT2D eigenvalue weighted by Crippen LogP contribution is -2.42. The molecule has 8 heteroatoms. The van der Waals surface area contributed by atoms with Crippen molar-refractivity contribution in [3.8, 4) is 11.4 Å². The van der Waals surface area contributed by atoms with Crippen LogP contribution in [0.25, 0.3) is 11.4 Å². The first-order valence-corrected chi connectivity index (χ1v) is 10.3. The van der Waals surface area contributed by atoms with Gasteiger partial charge in [-0.1, -0.05) is 41.0 Å². The van der Waals surface area contributed by atoms with Crippen molar-refractivity contribution in [2.45, 2.75) is 25.9 Å². The Morgan fingerprint density at radius 2 is 2.03 bits per heavy atom. The van der Waals surface area contributed by atoms with Crippen LogP contribution in [0.2, 0.25) is 5.02 Å². The normalized spacial score (nSPS) is 17.1. The number of carbonyl (C=O) groups is 1. The number of hydrogen-bond acceptors (Lipinski definition) is 5. The first-order chi connectivity index (χ1) is 14.6. The summed E-state index contributed by atoms with van der Waals surface area (Å²) >= 11 is 6.20. The molecule has 1 fully saturated rings. The lowest BCUT2D eigenvalue weighted by Gasteiger charge is -2.30. The molecule has 30 heavy (non-hydrogen) atoms. The van der Waals surface area contributed by atoms with Crippen molar-refractivity contribution in [3.05, 3.63) is 70.8 Å². The standard InChI is InChI=1S/C22H22ClFN4O2/c23-19-6-2-1-5-18(19)21-26-20(30-27-21)14-28-11-3-4-16(13-28)22(29)25-12-15-7-9-17(24)10-8-15/h1-2,5-10,16H,3-4,11-14H2,(H,25,29). The second-order valence-electron chi connectivity index (χ2n) is 7.41. The second kappa shape index (κ2) is 9.36. The molecule has 1 aliphatic rings. The van der Waals surface area contributed by atoms with Crippen molar-refractivity contribution >= 4 is 17.5 Å². The van der Waals surface area contributed by atoms with Gasteiger partial charge in [0.15, 0.2) is 0 Å². The van der Waals surface area contributed by atoms with E-state index >= 15 is 0 Å². The van der Waals surface area contributed by atoms with Crippen LogP contribution in [0.3, 0.4) is 0 Å². The largest absolute Gasteiger partial charge is 0.352 e. The van der Waals surface area contributed by atoms with Crippen molar-refractivity contribution in [1.29, 1.82) is 0 Å². The fourth-order valence-electron chi connectivity index (χ4n) is 3.61. The van der Waals surface area contributed by atoms with E-state index in [9.17, 15) is 9.18 Å². The third-order valence-corrected chi connectivity index (χ3v) is 5.53. The summed E-state index contributed by atoms with van der Waals surface area (Å²) in [6.07, 6.45) is 1.75. The monoisotopic (exact) mass is 428 g/mol. The minimum absolute atomic E-state index is 0.00584. The molecule has 4 rings (SSSR count). The van der Waals surface area contributed by atoms with Gasteiger partial charge in [-0.2, -0.15) is 4.98 Å². The molecule has 2 heterocycles. The van der Waals surface area contributed by atoms with E-state index in [0.29, 0.717) is 36.4 Å². The summed E-state index contributed by atoms with van der Waals surface area (Å²) in [6, 6.07) is 13.5. The Morgan fingerprint density at radius 3 is 2.83 bits per heavy atom. The SMILES string of the molecule is O=C(NCc1ccc(F)cc1)C1CCCN(Cc2nc(-c3ccccc3Cl)no2)C1. The number of rotatable bonds is 6. The van der Waals surface area contributed by atoms with E-state index in [1.807, 2.05) is 18.2 Å². The molecule has 1 aromatic heterocycles. The highest BCUT2D eigenvalue weighted by Gasteiger charge is 2.27. The van der Waals surface area contributed by atoms with Crippen molar-refractivity contribution in [2.24, 2.45) is 5.92 Å². The van der Waals surface area contributed by atoms with E-state index in [1.165, 1.54) is 12.1 Å². The number of piperidine rings is 1. The zero-order chi connectivity index (χ0) is 20.9. The average Bonchev–Trinajstić information content (AvgIpc) is 3.22. The molecule has 3 aromatic rings. The number of carbonyl (C=O) groups excluding carboxylic acids is 1. The quantitative estimate of drug-likeness (QED) is 0.641. The van der Waals surface area contributed by atoms with Crippen LogP contribution in [0.15, 0.2) is 53.1 Å². The molecule has 0 saturated carbocycles. The van der Waals surface area contributed by atoms with Crippen LogP contribution >= 0.6 is 11.6 Å². The Labute approximate surface area is 179 Å². The maximum Gasteiger partial charge on any atom is 0.241 e. The molecule has 156 valence electrons. The topological polar surface area (TPSA) is 71.3 Å². The number of aromatic nitrogens is 2. The van der Waals surface area contributed by atoms with Gasteiger partial charge in [0.05, 0.1) is 17.5 Å². The van der Waals surface area contributed by atoms with Crippen molar-refractivity contribution in [1.82, 2.24) is 20.4 Å². The third-order valence-electron chi connectivity index (χ3n) is 5.20. The highest BCUT2D eigenvalue weighted by atomic mass is 35.5.